The first-order chi connectivity index (χ1) is 12.1. The third-order valence-corrected chi connectivity index (χ3v) is 4.09. The Bertz CT molecular complexity index is 840. The highest BCUT2D eigenvalue weighted by Crippen LogP contribution is 2.22. The Morgan fingerprint density at radius 2 is 1.60 bits per heavy atom. The van der Waals surface area contributed by atoms with Gasteiger partial charge in [0.1, 0.15) is 6.61 Å². The molecule has 25 heavy (non-hydrogen) atoms. The van der Waals surface area contributed by atoms with E-state index in [1.54, 1.807) is 54.6 Å². The van der Waals surface area contributed by atoms with Crippen LogP contribution in [0, 0.1) is 0 Å². The predicted molar refractivity (Wildman–Crippen MR) is 93.3 cm³/mol. The Kier molecular flexibility index (Phi) is 4.95. The van der Waals surface area contributed by atoms with Gasteiger partial charge in [0.05, 0.1) is 17.7 Å². The van der Waals surface area contributed by atoms with Gasteiger partial charge in [-0.2, -0.15) is 0 Å². The van der Waals surface area contributed by atoms with E-state index in [4.69, 9.17) is 16.3 Å². The lowest BCUT2D eigenvalue weighted by molar-refractivity contribution is -0.137. The smallest absolute Gasteiger partial charge is 0.330 e. The summed E-state index contributed by atoms with van der Waals surface area (Å²) in [4.78, 5) is 37.2. The van der Waals surface area contributed by atoms with Crippen molar-refractivity contribution in [3.8, 4) is 0 Å². The zero-order valence-corrected chi connectivity index (χ0v) is 13.9. The van der Waals surface area contributed by atoms with E-state index in [2.05, 4.69) is 0 Å². The van der Waals surface area contributed by atoms with Crippen molar-refractivity contribution in [2.45, 2.75) is 0 Å². The molecule has 1 heterocycles. The summed E-state index contributed by atoms with van der Waals surface area (Å²) in [7, 11) is 0. The minimum absolute atomic E-state index is 0.0119. The van der Waals surface area contributed by atoms with Crippen molar-refractivity contribution in [1.82, 2.24) is 4.90 Å². The second-order valence-corrected chi connectivity index (χ2v) is 5.74. The fraction of sp³-hybridized carbons (Fsp3) is 0.105. The second-order valence-electron chi connectivity index (χ2n) is 5.33. The highest BCUT2D eigenvalue weighted by molar-refractivity contribution is 6.32. The van der Waals surface area contributed by atoms with Gasteiger partial charge in [0.25, 0.3) is 11.8 Å². The van der Waals surface area contributed by atoms with E-state index >= 15 is 0 Å². The van der Waals surface area contributed by atoms with E-state index in [9.17, 15) is 14.4 Å². The molecule has 0 atom stereocenters. The molecule has 0 spiro atoms. The number of benzene rings is 2. The van der Waals surface area contributed by atoms with Gasteiger partial charge < -0.3 is 4.74 Å². The van der Waals surface area contributed by atoms with Crippen molar-refractivity contribution < 1.29 is 19.1 Å². The Labute approximate surface area is 149 Å². The molecule has 0 N–H and O–H groups in total. The summed E-state index contributed by atoms with van der Waals surface area (Å²) in [5, 5.41) is 0.526. The van der Waals surface area contributed by atoms with E-state index in [1.807, 2.05) is 0 Å². The van der Waals surface area contributed by atoms with Crippen LogP contribution in [0.5, 0.6) is 0 Å². The first kappa shape index (κ1) is 16.9. The third-order valence-electron chi connectivity index (χ3n) is 3.74. The molecule has 3 rings (SSSR count). The third kappa shape index (κ3) is 3.61. The monoisotopic (exact) mass is 355 g/mol. The molecule has 0 aromatic heterocycles. The normalized spacial score (nSPS) is 13.4. The van der Waals surface area contributed by atoms with Crippen molar-refractivity contribution in [3.05, 3.63) is 76.3 Å². The molecule has 5 nitrogen and oxygen atoms in total. The van der Waals surface area contributed by atoms with Crippen LogP contribution in [0.4, 0.5) is 0 Å². The molecule has 2 aromatic rings. The molecule has 0 bridgehead atoms. The number of rotatable bonds is 5. The quantitative estimate of drug-likeness (QED) is 0.469. The second kappa shape index (κ2) is 7.32. The Hall–Kier alpha value is -2.92. The zero-order chi connectivity index (χ0) is 17.8. The Morgan fingerprint density at radius 3 is 2.24 bits per heavy atom. The van der Waals surface area contributed by atoms with Crippen molar-refractivity contribution in [3.63, 3.8) is 0 Å². The van der Waals surface area contributed by atoms with Crippen LogP contribution in [0.25, 0.3) is 6.08 Å². The number of hydrogen-bond donors (Lipinski definition) is 0. The molecule has 126 valence electrons. The van der Waals surface area contributed by atoms with E-state index in [0.29, 0.717) is 21.7 Å². The van der Waals surface area contributed by atoms with E-state index in [1.165, 1.54) is 6.08 Å². The molecule has 2 amide bonds. The van der Waals surface area contributed by atoms with Crippen molar-refractivity contribution in [2.75, 3.05) is 13.2 Å². The number of hydrogen-bond acceptors (Lipinski definition) is 4. The molecule has 6 heteroatoms. The van der Waals surface area contributed by atoms with Crippen molar-refractivity contribution in [1.29, 1.82) is 0 Å². The van der Waals surface area contributed by atoms with Crippen LogP contribution in [-0.2, 0) is 9.53 Å². The van der Waals surface area contributed by atoms with Gasteiger partial charge in [0, 0.05) is 11.1 Å². The molecule has 0 unspecified atom stereocenters. The van der Waals surface area contributed by atoms with Crippen LogP contribution in [0.2, 0.25) is 5.02 Å². The standard InChI is InChI=1S/C19H14ClNO4/c20-16-8-4-1-5-13(16)9-10-17(22)25-12-11-21-18(23)14-6-2-3-7-15(14)19(21)24/h1-10H,11-12H2/b10-9+. The van der Waals surface area contributed by atoms with Gasteiger partial charge in [0.15, 0.2) is 0 Å². The minimum atomic E-state index is -0.573. The number of esters is 1. The molecular formula is C19H14ClNO4. The van der Waals surface area contributed by atoms with Gasteiger partial charge in [-0.3, -0.25) is 14.5 Å². The Morgan fingerprint density at radius 1 is 1.00 bits per heavy atom. The van der Waals surface area contributed by atoms with Gasteiger partial charge in [-0.05, 0) is 29.8 Å². The van der Waals surface area contributed by atoms with E-state index in [0.717, 1.165) is 4.90 Å². The Balaban J connectivity index is 1.54. The van der Waals surface area contributed by atoms with Gasteiger partial charge in [-0.15, -0.1) is 0 Å². The summed E-state index contributed by atoms with van der Waals surface area (Å²) in [6, 6.07) is 13.7. The number of amides is 2. The summed E-state index contributed by atoms with van der Waals surface area (Å²) in [5.74, 6) is -1.32. The van der Waals surface area contributed by atoms with Crippen LogP contribution < -0.4 is 0 Å². The number of ether oxygens (including phenoxy) is 1. The average molecular weight is 356 g/mol. The number of carbonyl (C=O) groups is 3. The summed E-state index contributed by atoms with van der Waals surface area (Å²) < 4.78 is 5.05. The summed E-state index contributed by atoms with van der Waals surface area (Å²) in [6.45, 7) is -0.0603. The largest absolute Gasteiger partial charge is 0.461 e. The molecule has 1 aliphatic rings. The summed E-state index contributed by atoms with van der Waals surface area (Å²) in [5.41, 5.74) is 1.44. The lowest BCUT2D eigenvalue weighted by Crippen LogP contribution is -2.33. The van der Waals surface area contributed by atoms with Gasteiger partial charge in [-0.25, -0.2) is 4.79 Å². The maximum Gasteiger partial charge on any atom is 0.330 e. The first-order valence-corrected chi connectivity index (χ1v) is 8.00. The van der Waals surface area contributed by atoms with Gasteiger partial charge >= 0.3 is 5.97 Å². The SMILES string of the molecule is O=C(/C=C/c1ccccc1Cl)OCCN1C(=O)c2ccccc2C1=O. The average Bonchev–Trinajstić information content (AvgIpc) is 2.86. The lowest BCUT2D eigenvalue weighted by Gasteiger charge is -2.13. The maximum atomic E-state index is 12.2. The van der Waals surface area contributed by atoms with Gasteiger partial charge in [-0.1, -0.05) is 41.9 Å². The molecule has 1 aliphatic heterocycles. The molecule has 0 radical (unpaired) electrons. The maximum absolute atomic E-state index is 12.2. The van der Waals surface area contributed by atoms with Crippen LogP contribution in [0.15, 0.2) is 54.6 Å². The van der Waals surface area contributed by atoms with Crippen LogP contribution in [0.3, 0.4) is 0 Å². The van der Waals surface area contributed by atoms with Crippen LogP contribution in [0.1, 0.15) is 26.3 Å². The fourth-order valence-electron chi connectivity index (χ4n) is 2.50. The topological polar surface area (TPSA) is 63.7 Å². The number of fused-ring (bicyclic) bond motifs is 1. The van der Waals surface area contributed by atoms with E-state index in [-0.39, 0.29) is 25.0 Å². The molecule has 0 aliphatic carbocycles. The zero-order valence-electron chi connectivity index (χ0n) is 13.1. The predicted octanol–water partition coefficient (Wildman–Crippen LogP) is 3.19. The van der Waals surface area contributed by atoms with Crippen molar-refractivity contribution >= 4 is 35.5 Å². The minimum Gasteiger partial charge on any atom is -0.461 e. The van der Waals surface area contributed by atoms with Crippen molar-refractivity contribution in [2.24, 2.45) is 0 Å². The molecule has 0 saturated heterocycles. The molecular weight excluding hydrogens is 342 g/mol. The van der Waals surface area contributed by atoms with Gasteiger partial charge in [0.2, 0.25) is 0 Å². The lowest BCUT2D eigenvalue weighted by atomic mass is 10.1. The number of imide groups is 1. The highest BCUT2D eigenvalue weighted by Gasteiger charge is 2.34. The molecule has 0 fully saturated rings. The van der Waals surface area contributed by atoms with Crippen LogP contribution in [-0.4, -0.2) is 35.8 Å². The number of halogens is 1. The number of carbonyl (C=O) groups excluding carboxylic acids is 3. The number of nitrogens with zero attached hydrogens (tertiary/aromatic N) is 1. The van der Waals surface area contributed by atoms with E-state index < -0.39 is 5.97 Å². The summed E-state index contributed by atoms with van der Waals surface area (Å²) >= 11 is 5.99. The first-order valence-electron chi connectivity index (χ1n) is 7.62. The van der Waals surface area contributed by atoms with Crippen LogP contribution >= 0.6 is 11.6 Å². The molecule has 2 aromatic carbocycles. The summed E-state index contributed by atoms with van der Waals surface area (Å²) in [6.07, 6.45) is 2.80. The molecule has 0 saturated carbocycles. The highest BCUT2D eigenvalue weighted by atomic mass is 35.5. The fourth-order valence-corrected chi connectivity index (χ4v) is 2.69.